The lowest BCUT2D eigenvalue weighted by Crippen LogP contribution is -2.18. The van der Waals surface area contributed by atoms with E-state index < -0.39 is 0 Å². The van der Waals surface area contributed by atoms with Gasteiger partial charge in [0, 0.05) is 28.7 Å². The summed E-state index contributed by atoms with van der Waals surface area (Å²) in [5.74, 6) is 0. The Bertz CT molecular complexity index is 1070. The maximum Gasteiger partial charge on any atom is 0.194 e. The van der Waals surface area contributed by atoms with Crippen LogP contribution in [0.3, 0.4) is 0 Å². The second-order valence-corrected chi connectivity index (χ2v) is 8.27. The molecule has 27 heavy (non-hydrogen) atoms. The quantitative estimate of drug-likeness (QED) is 0.357. The average Bonchev–Trinajstić information content (AvgIpc) is 3.24. The van der Waals surface area contributed by atoms with Crippen molar-refractivity contribution in [2.45, 2.75) is 13.0 Å². The number of nitrogens with zero attached hydrogens (tertiary/aromatic N) is 2. The third kappa shape index (κ3) is 4.15. The van der Waals surface area contributed by atoms with Gasteiger partial charge in [-0.2, -0.15) is 0 Å². The number of rotatable bonds is 6. The number of thiazole rings is 1. The summed E-state index contributed by atoms with van der Waals surface area (Å²) in [7, 11) is 0. The molecule has 4 rings (SSSR count). The minimum Gasteiger partial charge on any atom is -0.311 e. The largest absolute Gasteiger partial charge is 0.311 e. The van der Waals surface area contributed by atoms with Gasteiger partial charge in [0.15, 0.2) is 4.96 Å². The molecule has 0 fully saturated rings. The number of benzene rings is 2. The van der Waals surface area contributed by atoms with Crippen LogP contribution in [0, 0.1) is 0 Å². The molecule has 0 unspecified atom stereocenters. The predicted molar refractivity (Wildman–Crippen MR) is 115 cm³/mol. The van der Waals surface area contributed by atoms with Crippen LogP contribution < -0.4 is 5.32 Å². The van der Waals surface area contributed by atoms with Crippen LogP contribution in [0.2, 0.25) is 15.1 Å². The Kier molecular flexibility index (Phi) is 5.71. The highest BCUT2D eigenvalue weighted by atomic mass is 35.5. The van der Waals surface area contributed by atoms with Crippen LogP contribution in [0.25, 0.3) is 16.2 Å². The lowest BCUT2D eigenvalue weighted by Gasteiger charge is -2.08. The number of hydrogen-bond acceptors (Lipinski definition) is 3. The molecule has 0 aliphatic rings. The number of aromatic nitrogens is 2. The smallest absolute Gasteiger partial charge is 0.194 e. The van der Waals surface area contributed by atoms with E-state index in [0.717, 1.165) is 52.0 Å². The van der Waals surface area contributed by atoms with E-state index in [0.29, 0.717) is 10.0 Å². The second kappa shape index (κ2) is 8.21. The molecule has 0 atom stereocenters. The van der Waals surface area contributed by atoms with Crippen molar-refractivity contribution in [1.29, 1.82) is 0 Å². The van der Waals surface area contributed by atoms with Crippen molar-refractivity contribution >= 4 is 51.1 Å². The molecule has 0 spiro atoms. The van der Waals surface area contributed by atoms with Crippen molar-refractivity contribution in [2.24, 2.45) is 0 Å². The molecule has 0 saturated heterocycles. The van der Waals surface area contributed by atoms with E-state index in [9.17, 15) is 0 Å². The van der Waals surface area contributed by atoms with Gasteiger partial charge in [-0.15, -0.1) is 11.3 Å². The van der Waals surface area contributed by atoms with Gasteiger partial charge in [0.25, 0.3) is 0 Å². The van der Waals surface area contributed by atoms with Gasteiger partial charge in [0.2, 0.25) is 0 Å². The van der Waals surface area contributed by atoms with Gasteiger partial charge in [-0.3, -0.25) is 4.40 Å². The SMILES string of the molecule is Clc1ccc(-c2nc3sccn3c2CNCCc2ccc(Cl)c(Cl)c2)cc1. The first-order valence-corrected chi connectivity index (χ1v) is 10.5. The molecule has 0 radical (unpaired) electrons. The number of imidazole rings is 1. The maximum absolute atomic E-state index is 6.09. The van der Waals surface area contributed by atoms with Gasteiger partial charge < -0.3 is 5.32 Å². The summed E-state index contributed by atoms with van der Waals surface area (Å²) < 4.78 is 2.14. The molecule has 0 bridgehead atoms. The molecule has 2 aromatic heterocycles. The molecule has 0 amide bonds. The third-order valence-corrected chi connectivity index (χ3v) is 6.09. The second-order valence-electron chi connectivity index (χ2n) is 6.14. The summed E-state index contributed by atoms with van der Waals surface area (Å²) in [5, 5.41) is 7.46. The molecule has 4 aromatic rings. The molecule has 7 heteroatoms. The first-order valence-electron chi connectivity index (χ1n) is 8.47. The van der Waals surface area contributed by atoms with Crippen LogP contribution in [0.1, 0.15) is 11.3 Å². The van der Waals surface area contributed by atoms with Crippen LogP contribution in [0.5, 0.6) is 0 Å². The van der Waals surface area contributed by atoms with Crippen molar-refractivity contribution in [3.8, 4) is 11.3 Å². The zero-order valence-electron chi connectivity index (χ0n) is 14.3. The molecular formula is C20H16Cl3N3S. The van der Waals surface area contributed by atoms with Crippen molar-refractivity contribution in [2.75, 3.05) is 6.54 Å². The van der Waals surface area contributed by atoms with Gasteiger partial charge in [-0.25, -0.2) is 4.98 Å². The zero-order chi connectivity index (χ0) is 18.8. The molecule has 0 saturated carbocycles. The van der Waals surface area contributed by atoms with Gasteiger partial charge in [0.05, 0.1) is 21.4 Å². The Hall–Kier alpha value is -1.56. The van der Waals surface area contributed by atoms with E-state index in [1.54, 1.807) is 11.3 Å². The molecular weight excluding hydrogens is 421 g/mol. The fraction of sp³-hybridized carbons (Fsp3) is 0.150. The molecule has 0 aliphatic heterocycles. The number of hydrogen-bond donors (Lipinski definition) is 1. The van der Waals surface area contributed by atoms with E-state index in [4.69, 9.17) is 39.8 Å². The predicted octanol–water partition coefficient (Wildman–Crippen LogP) is 6.36. The molecule has 1 N–H and O–H groups in total. The zero-order valence-corrected chi connectivity index (χ0v) is 17.3. The normalized spacial score (nSPS) is 11.4. The minimum absolute atomic E-state index is 0.583. The topological polar surface area (TPSA) is 29.3 Å². The van der Waals surface area contributed by atoms with E-state index in [1.807, 2.05) is 47.8 Å². The lowest BCUT2D eigenvalue weighted by atomic mass is 10.1. The van der Waals surface area contributed by atoms with Gasteiger partial charge in [0.1, 0.15) is 0 Å². The molecule has 2 heterocycles. The maximum atomic E-state index is 6.09. The Morgan fingerprint density at radius 1 is 1.00 bits per heavy atom. The number of fused-ring (bicyclic) bond motifs is 1. The molecule has 0 aliphatic carbocycles. The number of nitrogens with one attached hydrogen (secondary N) is 1. The Labute approximate surface area is 176 Å². The van der Waals surface area contributed by atoms with Gasteiger partial charge in [-0.1, -0.05) is 53.0 Å². The van der Waals surface area contributed by atoms with E-state index in [1.165, 1.54) is 0 Å². The monoisotopic (exact) mass is 435 g/mol. The first kappa shape index (κ1) is 18.8. The Balaban J connectivity index is 1.49. The Morgan fingerprint density at radius 2 is 1.81 bits per heavy atom. The fourth-order valence-corrected chi connectivity index (χ4v) is 4.15. The van der Waals surface area contributed by atoms with Crippen molar-refractivity contribution < 1.29 is 0 Å². The van der Waals surface area contributed by atoms with E-state index in [-0.39, 0.29) is 0 Å². The minimum atomic E-state index is 0.583. The highest BCUT2D eigenvalue weighted by Gasteiger charge is 2.14. The first-order chi connectivity index (χ1) is 13.1. The van der Waals surface area contributed by atoms with Crippen LogP contribution in [-0.4, -0.2) is 15.9 Å². The Morgan fingerprint density at radius 3 is 2.59 bits per heavy atom. The summed E-state index contributed by atoms with van der Waals surface area (Å²) in [4.78, 5) is 5.78. The summed E-state index contributed by atoms with van der Waals surface area (Å²) in [6, 6.07) is 13.6. The molecule has 138 valence electrons. The van der Waals surface area contributed by atoms with Gasteiger partial charge >= 0.3 is 0 Å². The van der Waals surface area contributed by atoms with Crippen molar-refractivity contribution in [3.63, 3.8) is 0 Å². The van der Waals surface area contributed by atoms with Crippen LogP contribution in [-0.2, 0) is 13.0 Å². The summed E-state index contributed by atoms with van der Waals surface area (Å²) in [6.07, 6.45) is 2.93. The van der Waals surface area contributed by atoms with Gasteiger partial charge in [-0.05, 0) is 42.8 Å². The lowest BCUT2D eigenvalue weighted by molar-refractivity contribution is 0.673. The summed E-state index contributed by atoms with van der Waals surface area (Å²) in [6.45, 7) is 1.55. The van der Waals surface area contributed by atoms with E-state index >= 15 is 0 Å². The third-order valence-electron chi connectivity index (χ3n) is 4.35. The molecule has 2 aromatic carbocycles. The van der Waals surface area contributed by atoms with Crippen LogP contribution in [0.15, 0.2) is 54.0 Å². The fourth-order valence-electron chi connectivity index (χ4n) is 2.98. The van der Waals surface area contributed by atoms with Crippen molar-refractivity contribution in [3.05, 3.63) is 80.4 Å². The highest BCUT2D eigenvalue weighted by molar-refractivity contribution is 7.15. The standard InChI is InChI=1S/C20H16Cl3N3S/c21-15-4-2-14(3-5-15)19-18(26-9-10-27-20(26)25-19)12-24-8-7-13-1-6-16(22)17(23)11-13/h1-6,9-11,24H,7-8,12H2. The number of halogens is 3. The van der Waals surface area contributed by atoms with Crippen LogP contribution in [0.4, 0.5) is 0 Å². The van der Waals surface area contributed by atoms with Crippen LogP contribution >= 0.6 is 46.1 Å². The molecule has 3 nitrogen and oxygen atoms in total. The summed E-state index contributed by atoms with van der Waals surface area (Å²) in [5.41, 5.74) is 4.35. The van der Waals surface area contributed by atoms with E-state index in [2.05, 4.69) is 15.9 Å². The summed E-state index contributed by atoms with van der Waals surface area (Å²) >= 11 is 19.7. The van der Waals surface area contributed by atoms with Crippen molar-refractivity contribution in [1.82, 2.24) is 14.7 Å². The average molecular weight is 437 g/mol. The highest BCUT2D eigenvalue weighted by Crippen LogP contribution is 2.28.